The van der Waals surface area contributed by atoms with Crippen LogP contribution >= 0.6 is 11.6 Å². The van der Waals surface area contributed by atoms with Crippen LogP contribution in [0.2, 0.25) is 5.02 Å². The number of benzene rings is 2. The topological polar surface area (TPSA) is 55.8 Å². The van der Waals surface area contributed by atoms with Crippen molar-refractivity contribution in [2.75, 3.05) is 20.3 Å². The Kier molecular flexibility index (Phi) is 8.04. The SMILES string of the molecule is COC(=O)CN(Cc1ccc(Cl)cc1)C(=O)c1ccc(COCC(F)(F)F)cc1. The van der Waals surface area contributed by atoms with Crippen molar-refractivity contribution in [3.8, 4) is 0 Å². The van der Waals surface area contributed by atoms with E-state index in [0.29, 0.717) is 10.6 Å². The molecule has 0 aliphatic heterocycles. The molecule has 0 spiro atoms. The predicted molar refractivity (Wildman–Crippen MR) is 100 cm³/mol. The number of nitrogens with zero attached hydrogens (tertiary/aromatic N) is 1. The molecular formula is C20H19ClF3NO4. The standard InChI is InChI=1S/C20H19ClF3NO4/c1-28-18(26)11-25(10-14-4-8-17(21)9-5-14)19(27)16-6-2-15(3-7-16)12-29-13-20(22,23)24/h2-9H,10-13H2,1H3. The van der Waals surface area contributed by atoms with Gasteiger partial charge in [0.25, 0.3) is 5.91 Å². The van der Waals surface area contributed by atoms with Crippen molar-refractivity contribution in [2.45, 2.75) is 19.3 Å². The third-order valence-corrected chi connectivity index (χ3v) is 4.11. The van der Waals surface area contributed by atoms with Gasteiger partial charge in [-0.25, -0.2) is 0 Å². The lowest BCUT2D eigenvalue weighted by molar-refractivity contribution is -0.176. The van der Waals surface area contributed by atoms with Crippen LogP contribution in [0.3, 0.4) is 0 Å². The van der Waals surface area contributed by atoms with Crippen molar-refractivity contribution < 1.29 is 32.2 Å². The van der Waals surface area contributed by atoms with Gasteiger partial charge in [-0.3, -0.25) is 9.59 Å². The summed E-state index contributed by atoms with van der Waals surface area (Å²) in [6.07, 6.45) is -4.40. The van der Waals surface area contributed by atoms with E-state index >= 15 is 0 Å². The van der Waals surface area contributed by atoms with Gasteiger partial charge in [-0.05, 0) is 35.4 Å². The molecule has 0 saturated heterocycles. The first kappa shape index (κ1) is 22.7. The molecule has 0 bridgehead atoms. The molecule has 0 fully saturated rings. The van der Waals surface area contributed by atoms with Gasteiger partial charge in [0.15, 0.2) is 0 Å². The lowest BCUT2D eigenvalue weighted by Gasteiger charge is -2.22. The molecule has 9 heteroatoms. The Morgan fingerprint density at radius 2 is 1.59 bits per heavy atom. The zero-order valence-corrected chi connectivity index (χ0v) is 16.3. The summed E-state index contributed by atoms with van der Waals surface area (Å²) < 4.78 is 45.6. The van der Waals surface area contributed by atoms with Gasteiger partial charge in [0, 0.05) is 17.1 Å². The van der Waals surface area contributed by atoms with Gasteiger partial charge in [-0.1, -0.05) is 35.9 Å². The van der Waals surface area contributed by atoms with Crippen LogP contribution in [-0.4, -0.2) is 43.2 Å². The molecule has 0 N–H and O–H groups in total. The van der Waals surface area contributed by atoms with E-state index in [2.05, 4.69) is 9.47 Å². The van der Waals surface area contributed by atoms with Crippen molar-refractivity contribution in [3.63, 3.8) is 0 Å². The Bertz CT molecular complexity index is 823. The fourth-order valence-corrected chi connectivity index (χ4v) is 2.57. The van der Waals surface area contributed by atoms with Gasteiger partial charge in [0.05, 0.1) is 13.7 Å². The quantitative estimate of drug-likeness (QED) is 0.589. The summed E-state index contributed by atoms with van der Waals surface area (Å²) in [7, 11) is 1.23. The number of carbonyl (C=O) groups is 2. The summed E-state index contributed by atoms with van der Waals surface area (Å²) in [6, 6.07) is 12.8. The number of esters is 1. The zero-order chi connectivity index (χ0) is 21.4. The maximum atomic E-state index is 12.8. The van der Waals surface area contributed by atoms with E-state index in [1.54, 1.807) is 24.3 Å². The van der Waals surface area contributed by atoms with Crippen LogP contribution in [0.15, 0.2) is 48.5 Å². The zero-order valence-electron chi connectivity index (χ0n) is 15.5. The van der Waals surface area contributed by atoms with Crippen molar-refractivity contribution in [3.05, 3.63) is 70.2 Å². The number of carbonyl (C=O) groups excluding carboxylic acids is 2. The number of halogens is 4. The summed E-state index contributed by atoms with van der Waals surface area (Å²) in [5.41, 5.74) is 1.54. The lowest BCUT2D eigenvalue weighted by Crippen LogP contribution is -2.35. The molecule has 0 unspecified atom stereocenters. The molecule has 0 heterocycles. The minimum absolute atomic E-state index is 0.154. The van der Waals surface area contributed by atoms with Crippen molar-refractivity contribution in [2.24, 2.45) is 0 Å². The fraction of sp³-hybridized carbons (Fsp3) is 0.300. The van der Waals surface area contributed by atoms with Crippen molar-refractivity contribution in [1.82, 2.24) is 4.90 Å². The fourth-order valence-electron chi connectivity index (χ4n) is 2.44. The van der Waals surface area contributed by atoms with Gasteiger partial charge in [-0.2, -0.15) is 13.2 Å². The number of methoxy groups -OCH3 is 1. The van der Waals surface area contributed by atoms with Crippen molar-refractivity contribution in [1.29, 1.82) is 0 Å². The summed E-state index contributed by atoms with van der Waals surface area (Å²) in [5, 5.41) is 0.544. The molecule has 0 saturated carbocycles. The Labute approximate surface area is 171 Å². The largest absolute Gasteiger partial charge is 0.468 e. The van der Waals surface area contributed by atoms with Crippen LogP contribution in [0.5, 0.6) is 0 Å². The molecule has 2 aromatic carbocycles. The second kappa shape index (κ2) is 10.3. The molecule has 0 aliphatic carbocycles. The monoisotopic (exact) mass is 429 g/mol. The summed E-state index contributed by atoms with van der Waals surface area (Å²) in [6.45, 7) is -1.68. The Morgan fingerprint density at radius 3 is 2.14 bits per heavy atom. The Balaban J connectivity index is 2.08. The molecule has 0 radical (unpaired) electrons. The molecule has 0 atom stereocenters. The molecule has 1 amide bonds. The second-order valence-electron chi connectivity index (χ2n) is 6.17. The highest BCUT2D eigenvalue weighted by molar-refractivity contribution is 6.30. The third kappa shape index (κ3) is 7.75. The molecule has 5 nitrogen and oxygen atoms in total. The highest BCUT2D eigenvalue weighted by Crippen LogP contribution is 2.17. The van der Waals surface area contributed by atoms with Gasteiger partial charge >= 0.3 is 12.1 Å². The molecule has 29 heavy (non-hydrogen) atoms. The van der Waals surface area contributed by atoms with Gasteiger partial charge in [0.1, 0.15) is 13.2 Å². The van der Waals surface area contributed by atoms with E-state index in [9.17, 15) is 22.8 Å². The first-order valence-electron chi connectivity index (χ1n) is 8.52. The van der Waals surface area contributed by atoms with E-state index < -0.39 is 24.7 Å². The van der Waals surface area contributed by atoms with Crippen LogP contribution < -0.4 is 0 Å². The average molecular weight is 430 g/mol. The number of hydrogen-bond donors (Lipinski definition) is 0. The molecular weight excluding hydrogens is 411 g/mol. The summed E-state index contributed by atoms with van der Waals surface area (Å²) in [5.74, 6) is -1.00. The third-order valence-electron chi connectivity index (χ3n) is 3.86. The number of alkyl halides is 3. The smallest absolute Gasteiger partial charge is 0.411 e. The van der Waals surface area contributed by atoms with E-state index in [0.717, 1.165) is 5.56 Å². The number of rotatable bonds is 8. The summed E-state index contributed by atoms with van der Waals surface area (Å²) >= 11 is 5.86. The number of hydrogen-bond acceptors (Lipinski definition) is 4. The maximum Gasteiger partial charge on any atom is 0.411 e. The maximum absolute atomic E-state index is 12.8. The first-order chi connectivity index (χ1) is 13.7. The van der Waals surface area contributed by atoms with Crippen LogP contribution in [0, 0.1) is 0 Å². The summed E-state index contributed by atoms with van der Waals surface area (Å²) in [4.78, 5) is 25.9. The van der Waals surface area contributed by atoms with Crippen molar-refractivity contribution >= 4 is 23.5 Å². The van der Waals surface area contributed by atoms with E-state index in [-0.39, 0.29) is 25.3 Å². The normalized spacial score (nSPS) is 11.2. The number of amides is 1. The van der Waals surface area contributed by atoms with Crippen LogP contribution in [-0.2, 0) is 27.4 Å². The molecule has 0 aliphatic rings. The molecule has 2 aromatic rings. The predicted octanol–water partition coefficient (Wildman–Crippen LogP) is 4.23. The molecule has 156 valence electrons. The second-order valence-corrected chi connectivity index (χ2v) is 6.61. The van der Waals surface area contributed by atoms with Gasteiger partial charge in [-0.15, -0.1) is 0 Å². The van der Waals surface area contributed by atoms with Gasteiger partial charge < -0.3 is 14.4 Å². The Morgan fingerprint density at radius 1 is 1.00 bits per heavy atom. The molecule has 2 rings (SSSR count). The minimum atomic E-state index is -4.40. The van der Waals surface area contributed by atoms with Gasteiger partial charge in [0.2, 0.25) is 0 Å². The van der Waals surface area contributed by atoms with Crippen LogP contribution in [0.25, 0.3) is 0 Å². The van der Waals surface area contributed by atoms with E-state index in [4.69, 9.17) is 11.6 Å². The minimum Gasteiger partial charge on any atom is -0.468 e. The van der Waals surface area contributed by atoms with Crippen LogP contribution in [0.4, 0.5) is 13.2 Å². The number of ether oxygens (including phenoxy) is 2. The highest BCUT2D eigenvalue weighted by atomic mass is 35.5. The molecule has 0 aromatic heterocycles. The van der Waals surface area contributed by atoms with E-state index in [1.807, 2.05) is 0 Å². The highest BCUT2D eigenvalue weighted by Gasteiger charge is 2.27. The van der Waals surface area contributed by atoms with Crippen LogP contribution in [0.1, 0.15) is 21.5 Å². The first-order valence-corrected chi connectivity index (χ1v) is 8.89. The lowest BCUT2D eigenvalue weighted by atomic mass is 10.1. The van der Waals surface area contributed by atoms with E-state index in [1.165, 1.54) is 36.3 Å². The Hall–Kier alpha value is -2.58. The average Bonchev–Trinajstić information content (AvgIpc) is 2.68.